The van der Waals surface area contributed by atoms with E-state index in [9.17, 15) is 9.59 Å². The second-order valence-electron chi connectivity index (χ2n) is 7.85. The highest BCUT2D eigenvalue weighted by atomic mass is 16.2. The molecule has 1 spiro atoms. The van der Waals surface area contributed by atoms with Crippen LogP contribution < -0.4 is 5.56 Å². The molecule has 2 aromatic heterocycles. The van der Waals surface area contributed by atoms with Crippen LogP contribution in [0.2, 0.25) is 0 Å². The molecule has 1 N–H and O–H groups in total. The fourth-order valence-corrected chi connectivity index (χ4v) is 4.61. The summed E-state index contributed by atoms with van der Waals surface area (Å²) in [5, 5.41) is 11.1. The molecule has 0 unspecified atom stereocenters. The molecule has 3 aromatic rings. The quantitative estimate of drug-likeness (QED) is 0.702. The molecular formula is C20H21N7O2. The molecule has 9 heteroatoms. The number of piperidine rings is 1. The van der Waals surface area contributed by atoms with Gasteiger partial charge in [-0.15, -0.1) is 5.10 Å². The number of H-pyrrole nitrogens is 1. The molecule has 148 valence electrons. The van der Waals surface area contributed by atoms with Crippen LogP contribution in [0.3, 0.4) is 0 Å². The first kappa shape index (κ1) is 17.7. The molecule has 3 heterocycles. The predicted octanol–water partition coefficient (Wildman–Crippen LogP) is 1.17. The lowest BCUT2D eigenvalue weighted by Gasteiger charge is -2.39. The maximum Gasteiger partial charge on any atom is 0.254 e. The van der Waals surface area contributed by atoms with Gasteiger partial charge in [0.2, 0.25) is 0 Å². The van der Waals surface area contributed by atoms with Crippen LogP contribution in [0.4, 0.5) is 0 Å². The topological polar surface area (TPSA) is 110 Å². The number of carbonyl (C=O) groups excluding carboxylic acids is 1. The van der Waals surface area contributed by atoms with Crippen LogP contribution in [0.15, 0.2) is 35.4 Å². The smallest absolute Gasteiger partial charge is 0.254 e. The van der Waals surface area contributed by atoms with Crippen molar-refractivity contribution in [2.75, 3.05) is 13.1 Å². The van der Waals surface area contributed by atoms with E-state index in [-0.39, 0.29) is 16.9 Å². The van der Waals surface area contributed by atoms with Gasteiger partial charge in [0, 0.05) is 29.6 Å². The minimum Gasteiger partial charge on any atom is -0.339 e. The van der Waals surface area contributed by atoms with Gasteiger partial charge in [-0.1, -0.05) is 0 Å². The second kappa shape index (κ2) is 6.61. The summed E-state index contributed by atoms with van der Waals surface area (Å²) in [5.41, 5.74) is 3.15. The number of hydrogen-bond donors (Lipinski definition) is 1. The molecule has 9 nitrogen and oxygen atoms in total. The second-order valence-corrected chi connectivity index (χ2v) is 7.85. The van der Waals surface area contributed by atoms with E-state index in [1.807, 2.05) is 24.0 Å². The van der Waals surface area contributed by atoms with E-state index < -0.39 is 0 Å². The summed E-state index contributed by atoms with van der Waals surface area (Å²) >= 11 is 0. The van der Waals surface area contributed by atoms with Crippen LogP contribution in [-0.2, 0) is 11.8 Å². The molecule has 0 atom stereocenters. The number of aromatic nitrogens is 6. The number of aryl methyl sites for hydroxylation is 1. The SMILES string of the molecule is Cc1nc2c(c(=O)[nH]1)CCC21CCN(C(=O)c2ccc(-n3cnnn3)cc2)CC1. The van der Waals surface area contributed by atoms with Gasteiger partial charge < -0.3 is 9.88 Å². The molecule has 0 radical (unpaired) electrons. The average Bonchev–Trinajstić information content (AvgIpc) is 3.38. The lowest BCUT2D eigenvalue weighted by Crippen LogP contribution is -2.44. The van der Waals surface area contributed by atoms with Crippen LogP contribution in [-0.4, -0.2) is 54.1 Å². The highest BCUT2D eigenvalue weighted by Gasteiger charge is 2.44. The normalized spacial score (nSPS) is 17.5. The monoisotopic (exact) mass is 391 g/mol. The Morgan fingerprint density at radius 1 is 1.14 bits per heavy atom. The van der Waals surface area contributed by atoms with E-state index in [0.29, 0.717) is 24.5 Å². The van der Waals surface area contributed by atoms with Crippen molar-refractivity contribution in [3.05, 3.63) is 63.6 Å². The number of fused-ring (bicyclic) bond motifs is 2. The molecule has 5 rings (SSSR count). The van der Waals surface area contributed by atoms with Crippen molar-refractivity contribution in [3.63, 3.8) is 0 Å². The third-order valence-corrected chi connectivity index (χ3v) is 6.23. The minimum atomic E-state index is -0.0743. The van der Waals surface area contributed by atoms with Gasteiger partial charge in [-0.25, -0.2) is 9.67 Å². The molecule has 1 aliphatic carbocycles. The summed E-state index contributed by atoms with van der Waals surface area (Å²) in [6.45, 7) is 3.16. The maximum absolute atomic E-state index is 13.0. The summed E-state index contributed by atoms with van der Waals surface area (Å²) in [5.74, 6) is 0.688. The summed E-state index contributed by atoms with van der Waals surface area (Å²) in [4.78, 5) is 34.6. The minimum absolute atomic E-state index is 0.00875. The molecule has 1 saturated heterocycles. The van der Waals surface area contributed by atoms with E-state index in [1.54, 1.807) is 16.8 Å². The highest BCUT2D eigenvalue weighted by molar-refractivity contribution is 5.94. The van der Waals surface area contributed by atoms with E-state index in [4.69, 9.17) is 0 Å². The van der Waals surface area contributed by atoms with Crippen molar-refractivity contribution in [3.8, 4) is 5.69 Å². The zero-order valence-corrected chi connectivity index (χ0v) is 16.1. The van der Waals surface area contributed by atoms with Crippen molar-refractivity contribution in [1.82, 2.24) is 35.1 Å². The molecule has 1 fully saturated rings. The zero-order chi connectivity index (χ0) is 20.0. The van der Waals surface area contributed by atoms with Crippen molar-refractivity contribution in [2.45, 2.75) is 38.0 Å². The largest absolute Gasteiger partial charge is 0.339 e. The Labute approximate surface area is 166 Å². The summed E-state index contributed by atoms with van der Waals surface area (Å²) in [7, 11) is 0. The van der Waals surface area contributed by atoms with Gasteiger partial charge in [-0.2, -0.15) is 0 Å². The van der Waals surface area contributed by atoms with Gasteiger partial charge in [-0.05, 0) is 67.3 Å². The summed E-state index contributed by atoms with van der Waals surface area (Å²) in [6, 6.07) is 7.28. The number of rotatable bonds is 2. The maximum atomic E-state index is 13.0. The van der Waals surface area contributed by atoms with Gasteiger partial charge in [0.25, 0.3) is 11.5 Å². The Balaban J connectivity index is 1.32. The fraction of sp³-hybridized carbons (Fsp3) is 0.400. The number of amides is 1. The number of hydrogen-bond acceptors (Lipinski definition) is 6. The van der Waals surface area contributed by atoms with E-state index in [2.05, 4.69) is 25.5 Å². The first-order valence-corrected chi connectivity index (χ1v) is 9.79. The first-order chi connectivity index (χ1) is 14.1. The Morgan fingerprint density at radius 2 is 1.90 bits per heavy atom. The van der Waals surface area contributed by atoms with Crippen LogP contribution in [0.1, 0.15) is 46.7 Å². The van der Waals surface area contributed by atoms with Crippen molar-refractivity contribution >= 4 is 5.91 Å². The third-order valence-electron chi connectivity index (χ3n) is 6.23. The van der Waals surface area contributed by atoms with Crippen molar-refractivity contribution < 1.29 is 4.79 Å². The summed E-state index contributed by atoms with van der Waals surface area (Å²) < 4.78 is 1.55. The highest BCUT2D eigenvalue weighted by Crippen LogP contribution is 2.44. The van der Waals surface area contributed by atoms with Crippen LogP contribution >= 0.6 is 0 Å². The number of aromatic amines is 1. The molecule has 1 aromatic carbocycles. The fourth-order valence-electron chi connectivity index (χ4n) is 4.61. The first-order valence-electron chi connectivity index (χ1n) is 9.79. The predicted molar refractivity (Wildman–Crippen MR) is 104 cm³/mol. The molecule has 0 saturated carbocycles. The zero-order valence-electron chi connectivity index (χ0n) is 16.1. The van der Waals surface area contributed by atoms with E-state index >= 15 is 0 Å². The Morgan fingerprint density at radius 3 is 2.59 bits per heavy atom. The average molecular weight is 391 g/mol. The number of nitrogens with one attached hydrogen (secondary N) is 1. The number of nitrogens with zero attached hydrogens (tertiary/aromatic N) is 6. The molecule has 2 aliphatic rings. The standard InChI is InChI=1S/C20H21N7O2/c1-13-22-17-16(18(28)23-13)6-7-20(17)8-10-26(11-9-20)19(29)14-2-4-15(5-3-14)27-12-21-24-25-27/h2-5,12H,6-11H2,1H3,(H,22,23,28). The molecule has 1 aliphatic heterocycles. The van der Waals surface area contributed by atoms with E-state index in [1.165, 1.54) is 6.33 Å². The lowest BCUT2D eigenvalue weighted by molar-refractivity contribution is 0.0663. The lowest BCUT2D eigenvalue weighted by atomic mass is 9.76. The van der Waals surface area contributed by atoms with Crippen LogP contribution in [0.5, 0.6) is 0 Å². The van der Waals surface area contributed by atoms with Gasteiger partial charge in [0.05, 0.1) is 11.4 Å². The molecule has 29 heavy (non-hydrogen) atoms. The van der Waals surface area contributed by atoms with Crippen molar-refractivity contribution in [2.24, 2.45) is 0 Å². The number of benzene rings is 1. The third kappa shape index (κ3) is 2.93. The Hall–Kier alpha value is -3.36. The molecule has 0 bridgehead atoms. The van der Waals surface area contributed by atoms with Gasteiger partial charge >= 0.3 is 0 Å². The number of likely N-dealkylation sites (tertiary alicyclic amines) is 1. The van der Waals surface area contributed by atoms with Gasteiger partial charge in [0.15, 0.2) is 0 Å². The van der Waals surface area contributed by atoms with E-state index in [0.717, 1.165) is 42.6 Å². The Kier molecular flexibility index (Phi) is 4.04. The molecule has 1 amide bonds. The van der Waals surface area contributed by atoms with Crippen LogP contribution in [0, 0.1) is 6.92 Å². The van der Waals surface area contributed by atoms with Gasteiger partial charge in [-0.3, -0.25) is 9.59 Å². The summed E-state index contributed by atoms with van der Waals surface area (Å²) in [6.07, 6.45) is 4.89. The Bertz CT molecular complexity index is 1110. The van der Waals surface area contributed by atoms with Gasteiger partial charge in [0.1, 0.15) is 12.2 Å². The molecular weight excluding hydrogens is 370 g/mol. The van der Waals surface area contributed by atoms with Crippen LogP contribution in [0.25, 0.3) is 5.69 Å². The van der Waals surface area contributed by atoms with Crippen molar-refractivity contribution in [1.29, 1.82) is 0 Å². The number of carbonyl (C=O) groups is 1. The number of tetrazole rings is 1.